The zero-order chi connectivity index (χ0) is 11.4. The Morgan fingerprint density at radius 1 is 1.47 bits per heavy atom. The molecule has 1 N–H and O–H groups in total. The third kappa shape index (κ3) is 2.40. The first kappa shape index (κ1) is 11.8. The number of carbonyl (C=O) groups is 1. The summed E-state index contributed by atoms with van der Waals surface area (Å²) in [6.07, 6.45) is -1.07. The van der Waals surface area contributed by atoms with Crippen LogP contribution < -0.4 is 4.74 Å². The summed E-state index contributed by atoms with van der Waals surface area (Å²) in [5, 5.41) is 9.27. The number of hydrogen-bond acceptors (Lipinski definition) is 3. The highest BCUT2D eigenvalue weighted by molar-refractivity contribution is 6.32. The summed E-state index contributed by atoms with van der Waals surface area (Å²) in [7, 11) is 2.75. The molecule has 0 aliphatic rings. The SMILES string of the molecule is COc1c(Cl)cccc1C(OC)C(=O)O. The summed E-state index contributed by atoms with van der Waals surface area (Å²) in [6, 6.07) is 4.88. The van der Waals surface area contributed by atoms with Crippen LogP contribution in [-0.4, -0.2) is 25.3 Å². The number of carboxylic acids is 1. The lowest BCUT2D eigenvalue weighted by molar-refractivity contribution is -0.149. The van der Waals surface area contributed by atoms with E-state index in [1.807, 2.05) is 0 Å². The Bertz CT molecular complexity index is 364. The fourth-order valence-electron chi connectivity index (χ4n) is 1.31. The topological polar surface area (TPSA) is 55.8 Å². The Morgan fingerprint density at radius 2 is 2.13 bits per heavy atom. The van der Waals surface area contributed by atoms with E-state index in [9.17, 15) is 4.79 Å². The number of aliphatic carboxylic acids is 1. The summed E-state index contributed by atoms with van der Waals surface area (Å²) in [6.45, 7) is 0. The van der Waals surface area contributed by atoms with Gasteiger partial charge in [-0.05, 0) is 6.07 Å². The van der Waals surface area contributed by atoms with Gasteiger partial charge in [0.1, 0.15) is 5.75 Å². The van der Waals surface area contributed by atoms with Gasteiger partial charge in [0.2, 0.25) is 0 Å². The molecule has 5 heteroatoms. The number of ether oxygens (including phenoxy) is 2. The molecule has 0 spiro atoms. The van der Waals surface area contributed by atoms with Gasteiger partial charge in [0.25, 0.3) is 0 Å². The quantitative estimate of drug-likeness (QED) is 0.861. The minimum atomic E-state index is -1.09. The third-order valence-corrected chi connectivity index (χ3v) is 2.24. The highest BCUT2D eigenvalue weighted by Gasteiger charge is 2.23. The molecular formula is C10H11ClO4. The molecule has 0 bridgehead atoms. The van der Waals surface area contributed by atoms with Gasteiger partial charge >= 0.3 is 5.97 Å². The first-order valence-corrected chi connectivity index (χ1v) is 4.57. The molecule has 0 aromatic heterocycles. The van der Waals surface area contributed by atoms with Crippen LogP contribution in [0.1, 0.15) is 11.7 Å². The van der Waals surface area contributed by atoms with Gasteiger partial charge in [-0.3, -0.25) is 0 Å². The fourth-order valence-corrected chi connectivity index (χ4v) is 1.57. The van der Waals surface area contributed by atoms with Gasteiger partial charge in [0.15, 0.2) is 6.10 Å². The minimum absolute atomic E-state index is 0.327. The van der Waals surface area contributed by atoms with Crippen molar-refractivity contribution in [2.75, 3.05) is 14.2 Å². The largest absolute Gasteiger partial charge is 0.495 e. The Morgan fingerprint density at radius 3 is 2.60 bits per heavy atom. The summed E-state index contributed by atoms with van der Waals surface area (Å²) < 4.78 is 9.89. The molecule has 15 heavy (non-hydrogen) atoms. The van der Waals surface area contributed by atoms with E-state index in [1.165, 1.54) is 14.2 Å². The van der Waals surface area contributed by atoms with Crippen molar-refractivity contribution in [3.05, 3.63) is 28.8 Å². The maximum atomic E-state index is 10.9. The fraction of sp³-hybridized carbons (Fsp3) is 0.300. The van der Waals surface area contributed by atoms with Crippen LogP contribution in [-0.2, 0) is 9.53 Å². The highest BCUT2D eigenvalue weighted by atomic mass is 35.5. The molecule has 4 nitrogen and oxygen atoms in total. The number of carboxylic acid groups (broad SMARTS) is 1. The van der Waals surface area contributed by atoms with Crippen LogP contribution in [0.2, 0.25) is 5.02 Å². The predicted molar refractivity (Wildman–Crippen MR) is 55.4 cm³/mol. The number of hydrogen-bond donors (Lipinski definition) is 1. The second kappa shape index (κ2) is 5.00. The monoisotopic (exact) mass is 230 g/mol. The van der Waals surface area contributed by atoms with Gasteiger partial charge in [-0.1, -0.05) is 23.7 Å². The van der Waals surface area contributed by atoms with E-state index >= 15 is 0 Å². The van der Waals surface area contributed by atoms with Crippen LogP contribution in [0.5, 0.6) is 5.75 Å². The molecule has 1 rings (SSSR count). The summed E-state index contributed by atoms with van der Waals surface area (Å²) in [5.74, 6) is -0.758. The highest BCUT2D eigenvalue weighted by Crippen LogP contribution is 2.33. The van der Waals surface area contributed by atoms with Gasteiger partial charge in [0, 0.05) is 12.7 Å². The van der Waals surface area contributed by atoms with Crippen LogP contribution in [0, 0.1) is 0 Å². The summed E-state index contributed by atoms with van der Waals surface area (Å²) >= 11 is 5.86. The molecule has 1 unspecified atom stereocenters. The van der Waals surface area contributed by atoms with Crippen molar-refractivity contribution in [3.8, 4) is 5.75 Å². The van der Waals surface area contributed by atoms with E-state index in [-0.39, 0.29) is 0 Å². The van der Waals surface area contributed by atoms with Gasteiger partial charge < -0.3 is 14.6 Å². The number of rotatable bonds is 4. The molecule has 1 aromatic carbocycles. The Hall–Kier alpha value is -1.26. The zero-order valence-electron chi connectivity index (χ0n) is 8.36. The van der Waals surface area contributed by atoms with Crippen molar-refractivity contribution in [3.63, 3.8) is 0 Å². The zero-order valence-corrected chi connectivity index (χ0v) is 9.12. The second-order valence-electron chi connectivity index (χ2n) is 2.82. The molecule has 0 saturated heterocycles. The number of halogens is 1. The minimum Gasteiger partial charge on any atom is -0.495 e. The van der Waals surface area contributed by atoms with Crippen molar-refractivity contribution in [2.45, 2.75) is 6.10 Å². The molecule has 0 radical (unpaired) electrons. The Labute approximate surface area is 92.4 Å². The van der Waals surface area contributed by atoms with Gasteiger partial charge in [0.05, 0.1) is 12.1 Å². The first-order chi connectivity index (χ1) is 7.11. The Kier molecular flexibility index (Phi) is 3.94. The molecule has 1 atom stereocenters. The van der Waals surface area contributed by atoms with Crippen LogP contribution in [0.4, 0.5) is 0 Å². The van der Waals surface area contributed by atoms with Crippen LogP contribution in [0.3, 0.4) is 0 Å². The summed E-state index contributed by atoms with van der Waals surface area (Å²) in [4.78, 5) is 10.9. The van der Waals surface area contributed by atoms with E-state index < -0.39 is 12.1 Å². The number of methoxy groups -OCH3 is 2. The van der Waals surface area contributed by atoms with E-state index in [0.717, 1.165) is 0 Å². The average Bonchev–Trinajstić information content (AvgIpc) is 2.18. The first-order valence-electron chi connectivity index (χ1n) is 4.19. The maximum Gasteiger partial charge on any atom is 0.337 e. The lowest BCUT2D eigenvalue weighted by Crippen LogP contribution is -2.14. The van der Waals surface area contributed by atoms with Crippen LogP contribution in [0.15, 0.2) is 18.2 Å². The molecule has 0 amide bonds. The lowest BCUT2D eigenvalue weighted by Gasteiger charge is -2.15. The molecule has 0 aliphatic heterocycles. The van der Waals surface area contributed by atoms with Gasteiger partial charge in [-0.25, -0.2) is 4.79 Å². The normalized spacial score (nSPS) is 12.2. The van der Waals surface area contributed by atoms with Crippen molar-refractivity contribution >= 4 is 17.6 Å². The van der Waals surface area contributed by atoms with Crippen LogP contribution >= 0.6 is 11.6 Å². The molecule has 0 heterocycles. The van der Waals surface area contributed by atoms with E-state index in [2.05, 4.69) is 0 Å². The molecule has 0 fully saturated rings. The number of para-hydroxylation sites is 1. The smallest absolute Gasteiger partial charge is 0.337 e. The van der Waals surface area contributed by atoms with Crippen molar-refractivity contribution in [1.29, 1.82) is 0 Å². The maximum absolute atomic E-state index is 10.9. The third-order valence-electron chi connectivity index (χ3n) is 1.94. The summed E-state index contributed by atoms with van der Waals surface area (Å²) in [5.41, 5.74) is 0.403. The van der Waals surface area contributed by atoms with E-state index in [0.29, 0.717) is 16.3 Å². The molecule has 0 aliphatic carbocycles. The molecular weight excluding hydrogens is 220 g/mol. The van der Waals surface area contributed by atoms with E-state index in [1.54, 1.807) is 18.2 Å². The second-order valence-corrected chi connectivity index (χ2v) is 3.22. The standard InChI is InChI=1S/C10H11ClO4/c1-14-8-6(4-3-5-7(8)11)9(15-2)10(12)13/h3-5,9H,1-2H3,(H,12,13). The predicted octanol–water partition coefficient (Wildman–Crippen LogP) is 2.12. The average molecular weight is 231 g/mol. The van der Waals surface area contributed by atoms with Crippen molar-refractivity contribution in [2.24, 2.45) is 0 Å². The molecule has 82 valence electrons. The van der Waals surface area contributed by atoms with Gasteiger partial charge in [-0.15, -0.1) is 0 Å². The Balaban J connectivity index is 3.22. The van der Waals surface area contributed by atoms with Crippen molar-refractivity contribution < 1.29 is 19.4 Å². The molecule has 0 saturated carbocycles. The number of benzene rings is 1. The van der Waals surface area contributed by atoms with Crippen LogP contribution in [0.25, 0.3) is 0 Å². The molecule has 1 aromatic rings. The van der Waals surface area contributed by atoms with Crippen molar-refractivity contribution in [1.82, 2.24) is 0 Å². The lowest BCUT2D eigenvalue weighted by atomic mass is 10.1. The van der Waals surface area contributed by atoms with Gasteiger partial charge in [-0.2, -0.15) is 0 Å². The van der Waals surface area contributed by atoms with E-state index in [4.69, 9.17) is 26.2 Å².